The van der Waals surface area contributed by atoms with Crippen LogP contribution in [0, 0.1) is 0 Å². The van der Waals surface area contributed by atoms with Crippen molar-refractivity contribution in [3.63, 3.8) is 0 Å². The van der Waals surface area contributed by atoms with Crippen LogP contribution in [0.1, 0.15) is 0 Å². The molecule has 0 N–H and O–H groups in total. The molecule has 1 nitrogen and oxygen atoms in total. The van der Waals surface area contributed by atoms with Crippen molar-refractivity contribution in [3.8, 4) is 5.75 Å². The molecule has 1 atom stereocenters. The SMILES string of the molecule is C=CC1=C(C=C)P(c2ccccc2)c2ccccc2O1. The van der Waals surface area contributed by atoms with Gasteiger partial charge in [0.2, 0.25) is 0 Å². The Hall–Kier alpha value is -2.11. The lowest BCUT2D eigenvalue weighted by Crippen LogP contribution is -2.20. The van der Waals surface area contributed by atoms with E-state index in [1.54, 1.807) is 6.08 Å². The van der Waals surface area contributed by atoms with Crippen molar-refractivity contribution in [2.45, 2.75) is 0 Å². The van der Waals surface area contributed by atoms with Gasteiger partial charge in [0.15, 0.2) is 0 Å². The topological polar surface area (TPSA) is 9.23 Å². The fraction of sp³-hybridized carbons (Fsp3) is 0. The fourth-order valence-corrected chi connectivity index (χ4v) is 4.73. The summed E-state index contributed by atoms with van der Waals surface area (Å²) in [7, 11) is -0.626. The third kappa shape index (κ3) is 2.11. The Morgan fingerprint density at radius 2 is 1.55 bits per heavy atom. The average Bonchev–Trinajstić information content (AvgIpc) is 2.53. The van der Waals surface area contributed by atoms with E-state index in [9.17, 15) is 0 Å². The highest BCUT2D eigenvalue weighted by atomic mass is 31.1. The van der Waals surface area contributed by atoms with Crippen molar-refractivity contribution < 1.29 is 4.74 Å². The van der Waals surface area contributed by atoms with E-state index in [4.69, 9.17) is 4.74 Å². The first-order valence-corrected chi connectivity index (χ1v) is 7.80. The largest absolute Gasteiger partial charge is 0.456 e. The van der Waals surface area contributed by atoms with E-state index in [2.05, 4.69) is 49.6 Å². The maximum absolute atomic E-state index is 5.94. The van der Waals surface area contributed by atoms with E-state index in [1.807, 2.05) is 24.3 Å². The van der Waals surface area contributed by atoms with E-state index < -0.39 is 7.92 Å². The zero-order valence-corrected chi connectivity index (χ0v) is 12.0. The molecule has 0 fully saturated rings. The number of ether oxygens (including phenoxy) is 1. The Bertz CT molecular complexity index is 686. The molecule has 20 heavy (non-hydrogen) atoms. The van der Waals surface area contributed by atoms with Crippen LogP contribution in [-0.4, -0.2) is 0 Å². The van der Waals surface area contributed by atoms with Crippen molar-refractivity contribution in [3.05, 3.63) is 91.0 Å². The van der Waals surface area contributed by atoms with Crippen molar-refractivity contribution in [1.29, 1.82) is 0 Å². The Kier molecular flexibility index (Phi) is 3.54. The van der Waals surface area contributed by atoms with E-state index >= 15 is 0 Å². The molecule has 2 heteroatoms. The number of para-hydroxylation sites is 1. The van der Waals surface area contributed by atoms with Gasteiger partial charge in [0.25, 0.3) is 0 Å². The molecule has 0 bridgehead atoms. The van der Waals surface area contributed by atoms with Gasteiger partial charge in [-0.1, -0.05) is 67.8 Å². The molecule has 1 unspecified atom stereocenters. The molecule has 2 aromatic rings. The van der Waals surface area contributed by atoms with Gasteiger partial charge >= 0.3 is 0 Å². The van der Waals surface area contributed by atoms with Gasteiger partial charge in [-0.25, -0.2) is 0 Å². The number of benzene rings is 2. The van der Waals surface area contributed by atoms with E-state index in [-0.39, 0.29) is 0 Å². The highest BCUT2D eigenvalue weighted by Crippen LogP contribution is 2.50. The van der Waals surface area contributed by atoms with Gasteiger partial charge in [0.1, 0.15) is 11.5 Å². The molecule has 0 amide bonds. The quantitative estimate of drug-likeness (QED) is 0.768. The molecular formula is C18H15OP. The minimum Gasteiger partial charge on any atom is -0.456 e. The molecule has 0 aliphatic carbocycles. The third-order valence-corrected chi connectivity index (χ3v) is 5.76. The first-order valence-electron chi connectivity index (χ1n) is 6.46. The Labute approximate surface area is 120 Å². The first-order chi connectivity index (χ1) is 9.85. The summed E-state index contributed by atoms with van der Waals surface area (Å²) < 4.78 is 5.94. The van der Waals surface area contributed by atoms with E-state index in [0.29, 0.717) is 0 Å². The number of hydrogen-bond donors (Lipinski definition) is 0. The minimum atomic E-state index is -0.626. The lowest BCUT2D eigenvalue weighted by Gasteiger charge is -2.28. The summed E-state index contributed by atoms with van der Waals surface area (Å²) in [6.07, 6.45) is 3.66. The summed E-state index contributed by atoms with van der Waals surface area (Å²) in [6.45, 7) is 7.83. The van der Waals surface area contributed by atoms with Gasteiger partial charge in [-0.2, -0.15) is 0 Å². The van der Waals surface area contributed by atoms with E-state index in [0.717, 1.165) is 16.8 Å². The predicted molar refractivity (Wildman–Crippen MR) is 87.1 cm³/mol. The molecular weight excluding hydrogens is 263 g/mol. The van der Waals surface area contributed by atoms with Gasteiger partial charge in [-0.15, -0.1) is 0 Å². The molecule has 98 valence electrons. The second-order valence-corrected chi connectivity index (χ2v) is 6.55. The van der Waals surface area contributed by atoms with Gasteiger partial charge in [-0.05, 0) is 25.4 Å². The predicted octanol–water partition coefficient (Wildman–Crippen LogP) is 4.10. The fourth-order valence-electron chi connectivity index (χ4n) is 2.33. The van der Waals surface area contributed by atoms with E-state index in [1.165, 1.54) is 10.6 Å². The molecule has 0 saturated carbocycles. The molecule has 0 aromatic heterocycles. The Morgan fingerprint density at radius 1 is 0.850 bits per heavy atom. The Morgan fingerprint density at radius 3 is 2.25 bits per heavy atom. The zero-order chi connectivity index (χ0) is 13.9. The second kappa shape index (κ2) is 5.48. The lowest BCUT2D eigenvalue weighted by molar-refractivity contribution is 0.445. The third-order valence-electron chi connectivity index (χ3n) is 3.21. The number of allylic oxidation sites excluding steroid dienone is 3. The lowest BCUT2D eigenvalue weighted by atomic mass is 10.3. The molecule has 1 aliphatic heterocycles. The zero-order valence-electron chi connectivity index (χ0n) is 11.1. The number of fused-ring (bicyclic) bond motifs is 1. The number of hydrogen-bond acceptors (Lipinski definition) is 1. The van der Waals surface area contributed by atoms with Crippen LogP contribution in [0.5, 0.6) is 5.75 Å². The summed E-state index contributed by atoms with van der Waals surface area (Å²) >= 11 is 0. The Balaban J connectivity index is 2.24. The smallest absolute Gasteiger partial charge is 0.135 e. The number of rotatable bonds is 3. The van der Waals surface area contributed by atoms with Crippen LogP contribution in [0.3, 0.4) is 0 Å². The van der Waals surface area contributed by atoms with Gasteiger partial charge < -0.3 is 4.74 Å². The van der Waals surface area contributed by atoms with Crippen molar-refractivity contribution in [1.82, 2.24) is 0 Å². The summed E-state index contributed by atoms with van der Waals surface area (Å²) in [5, 5.41) is 3.65. The second-order valence-electron chi connectivity index (χ2n) is 4.40. The molecule has 0 saturated heterocycles. The molecule has 0 radical (unpaired) electrons. The van der Waals surface area contributed by atoms with Gasteiger partial charge in [0, 0.05) is 10.6 Å². The standard InChI is InChI=1S/C18H15OP/c1-3-15-17(4-2)20(14-10-6-5-7-11-14)18-13-9-8-12-16(18)19-15/h3-13H,1-2H2. The average molecular weight is 278 g/mol. The van der Waals surface area contributed by atoms with Crippen LogP contribution in [0.2, 0.25) is 0 Å². The monoisotopic (exact) mass is 278 g/mol. The van der Waals surface area contributed by atoms with Crippen LogP contribution < -0.4 is 15.3 Å². The first kappa shape index (κ1) is 12.9. The van der Waals surface area contributed by atoms with Gasteiger partial charge in [-0.3, -0.25) is 0 Å². The maximum atomic E-state index is 5.94. The highest BCUT2D eigenvalue weighted by Gasteiger charge is 2.27. The van der Waals surface area contributed by atoms with Crippen molar-refractivity contribution in [2.24, 2.45) is 0 Å². The van der Waals surface area contributed by atoms with Gasteiger partial charge in [0.05, 0.1) is 0 Å². The maximum Gasteiger partial charge on any atom is 0.135 e. The van der Waals surface area contributed by atoms with Crippen molar-refractivity contribution in [2.75, 3.05) is 0 Å². The molecule has 1 heterocycles. The highest BCUT2D eigenvalue weighted by molar-refractivity contribution is 7.77. The minimum absolute atomic E-state index is 0.626. The van der Waals surface area contributed by atoms with Crippen molar-refractivity contribution >= 4 is 18.5 Å². The summed E-state index contributed by atoms with van der Waals surface area (Å²) in [5.74, 6) is 1.73. The van der Waals surface area contributed by atoms with Crippen LogP contribution in [0.25, 0.3) is 0 Å². The summed E-state index contributed by atoms with van der Waals surface area (Å²) in [4.78, 5) is 0. The molecule has 2 aromatic carbocycles. The molecule has 3 rings (SSSR count). The summed E-state index contributed by atoms with van der Waals surface area (Å²) in [5.41, 5.74) is 0. The van der Waals surface area contributed by atoms with Crippen LogP contribution >= 0.6 is 7.92 Å². The molecule has 1 aliphatic rings. The van der Waals surface area contributed by atoms with Crippen LogP contribution in [0.4, 0.5) is 0 Å². The van der Waals surface area contributed by atoms with Crippen LogP contribution in [-0.2, 0) is 0 Å². The normalized spacial score (nSPS) is 17.1. The summed E-state index contributed by atoms with van der Waals surface area (Å²) in [6, 6.07) is 18.7. The molecule has 0 spiro atoms. The van der Waals surface area contributed by atoms with Crippen LogP contribution in [0.15, 0.2) is 91.0 Å².